The normalized spacial score (nSPS) is 20.1. The predicted molar refractivity (Wildman–Crippen MR) is 118 cm³/mol. The number of rotatable bonds is 7. The highest BCUT2D eigenvalue weighted by Gasteiger charge is 2.41. The lowest BCUT2D eigenvalue weighted by atomic mass is 9.98. The van der Waals surface area contributed by atoms with Crippen LogP contribution in [0.25, 0.3) is 11.1 Å². The van der Waals surface area contributed by atoms with E-state index in [0.717, 1.165) is 27.2 Å². The lowest BCUT2D eigenvalue weighted by Gasteiger charge is -2.26. The molecule has 2 aliphatic rings. The number of fused-ring (bicyclic) bond motifs is 3. The summed E-state index contributed by atoms with van der Waals surface area (Å²) in [6.07, 6.45) is -2.76. The van der Waals surface area contributed by atoms with Gasteiger partial charge in [0.05, 0.1) is 12.6 Å². The van der Waals surface area contributed by atoms with Gasteiger partial charge in [-0.05, 0) is 22.3 Å². The second-order valence-corrected chi connectivity index (χ2v) is 8.16. The minimum atomic E-state index is -1.20. The van der Waals surface area contributed by atoms with Crippen molar-refractivity contribution >= 4 is 18.0 Å². The van der Waals surface area contributed by atoms with Crippen LogP contribution in [0.4, 0.5) is 4.79 Å². The van der Waals surface area contributed by atoms with Crippen LogP contribution in [0.3, 0.4) is 0 Å². The molecule has 3 atom stereocenters. The fraction of sp³-hybridized carbons (Fsp3) is 0.375. The van der Waals surface area contributed by atoms with Gasteiger partial charge in [0.25, 0.3) is 5.91 Å². The molecule has 2 aromatic carbocycles. The number of hydrogen-bond acceptors (Lipinski definition) is 6. The van der Waals surface area contributed by atoms with Crippen molar-refractivity contribution in [2.45, 2.75) is 30.6 Å². The zero-order valence-electron chi connectivity index (χ0n) is 18.1. The average Bonchev–Trinajstić information content (AvgIpc) is 3.36. The number of nitrogens with zero attached hydrogens (tertiary/aromatic N) is 1. The molecule has 4 rings (SSSR count). The van der Waals surface area contributed by atoms with Crippen LogP contribution in [0.15, 0.2) is 48.5 Å². The number of ether oxygens (including phenoxy) is 2. The Hall–Kier alpha value is -3.43. The summed E-state index contributed by atoms with van der Waals surface area (Å²) >= 11 is 0. The molecule has 9 nitrogen and oxygen atoms in total. The summed E-state index contributed by atoms with van der Waals surface area (Å²) in [4.78, 5) is 37.5. The second-order valence-electron chi connectivity index (χ2n) is 8.16. The number of aliphatic hydroxyl groups is 1. The molecule has 1 aliphatic heterocycles. The Morgan fingerprint density at radius 3 is 2.27 bits per heavy atom. The van der Waals surface area contributed by atoms with E-state index in [1.54, 1.807) is 0 Å². The molecule has 2 aromatic rings. The Morgan fingerprint density at radius 1 is 1.09 bits per heavy atom. The molecule has 33 heavy (non-hydrogen) atoms. The largest absolute Gasteiger partial charge is 0.480 e. The molecule has 9 heteroatoms. The number of alkyl carbamates (subject to hydrolysis) is 1. The zero-order valence-corrected chi connectivity index (χ0v) is 18.1. The maximum atomic E-state index is 12.7. The summed E-state index contributed by atoms with van der Waals surface area (Å²) < 4.78 is 10.6. The Labute approximate surface area is 190 Å². The monoisotopic (exact) mass is 454 g/mol. The molecule has 3 N–H and O–H groups in total. The molecule has 1 saturated heterocycles. The summed E-state index contributed by atoms with van der Waals surface area (Å²) in [6.45, 7) is -0.156. The first kappa shape index (κ1) is 22.8. The van der Waals surface area contributed by atoms with Gasteiger partial charge in [0.15, 0.2) is 6.10 Å². The van der Waals surface area contributed by atoms with Gasteiger partial charge in [-0.3, -0.25) is 4.79 Å². The Kier molecular flexibility index (Phi) is 6.62. The Morgan fingerprint density at radius 2 is 1.70 bits per heavy atom. The van der Waals surface area contributed by atoms with Crippen LogP contribution >= 0.6 is 0 Å². The van der Waals surface area contributed by atoms with Crippen molar-refractivity contribution in [3.05, 3.63) is 59.7 Å². The number of benzene rings is 2. The fourth-order valence-corrected chi connectivity index (χ4v) is 4.57. The van der Waals surface area contributed by atoms with Crippen molar-refractivity contribution in [3.63, 3.8) is 0 Å². The van der Waals surface area contributed by atoms with Crippen LogP contribution in [0, 0.1) is 0 Å². The fourth-order valence-electron chi connectivity index (χ4n) is 4.57. The first-order valence-corrected chi connectivity index (χ1v) is 10.7. The van der Waals surface area contributed by atoms with Gasteiger partial charge in [0, 0.05) is 26.0 Å². The summed E-state index contributed by atoms with van der Waals surface area (Å²) in [7, 11) is 1.30. The van der Waals surface area contributed by atoms with Crippen molar-refractivity contribution in [1.29, 1.82) is 0 Å². The SMILES string of the molecule is COC(CNC(=O)OCC1c2ccccc2-c2ccccc21)C(=O)N1CC(O)C[C@H]1C(=O)O. The van der Waals surface area contributed by atoms with E-state index >= 15 is 0 Å². The van der Waals surface area contributed by atoms with E-state index in [-0.39, 0.29) is 32.0 Å². The van der Waals surface area contributed by atoms with E-state index in [4.69, 9.17) is 9.47 Å². The molecule has 1 fully saturated rings. The lowest BCUT2D eigenvalue weighted by molar-refractivity contribution is -0.152. The molecule has 1 heterocycles. The first-order chi connectivity index (χ1) is 15.9. The number of likely N-dealkylation sites (tertiary alicyclic amines) is 1. The maximum absolute atomic E-state index is 12.7. The number of β-amino-alcohol motifs (C(OH)–C–C–N with tert-alkyl or cyclic N) is 1. The zero-order chi connectivity index (χ0) is 23.5. The van der Waals surface area contributed by atoms with Crippen LogP contribution in [-0.2, 0) is 19.1 Å². The number of carbonyl (C=O) groups is 3. The van der Waals surface area contributed by atoms with Crippen LogP contribution < -0.4 is 5.32 Å². The number of nitrogens with one attached hydrogen (secondary N) is 1. The molecule has 0 aromatic heterocycles. The van der Waals surface area contributed by atoms with Gasteiger partial charge >= 0.3 is 12.1 Å². The standard InChI is InChI=1S/C24H26N2O7/c1-32-21(22(28)26-12-14(27)10-20(26)23(29)30)11-25-24(31)33-13-19-17-8-4-2-6-15(17)16-7-3-5-9-18(16)19/h2-9,14,19-21,27H,10-13H2,1H3,(H,25,31)(H,29,30)/t14?,20-,21?/m0/s1. The van der Waals surface area contributed by atoms with E-state index in [9.17, 15) is 24.6 Å². The Bertz CT molecular complexity index is 1010. The number of carboxylic acid groups (broad SMARTS) is 1. The molecular formula is C24H26N2O7. The second kappa shape index (κ2) is 9.60. The summed E-state index contributed by atoms with van der Waals surface area (Å²) in [5.41, 5.74) is 4.41. The highest BCUT2D eigenvalue weighted by molar-refractivity contribution is 5.87. The Balaban J connectivity index is 1.35. The van der Waals surface area contributed by atoms with Gasteiger partial charge in [-0.15, -0.1) is 0 Å². The smallest absolute Gasteiger partial charge is 0.407 e. The number of amides is 2. The molecule has 0 bridgehead atoms. The molecule has 174 valence electrons. The lowest BCUT2D eigenvalue weighted by Crippen LogP contribution is -2.49. The molecule has 0 saturated carbocycles. The minimum Gasteiger partial charge on any atom is -0.480 e. The molecular weight excluding hydrogens is 428 g/mol. The van der Waals surface area contributed by atoms with Gasteiger partial charge in [-0.1, -0.05) is 48.5 Å². The van der Waals surface area contributed by atoms with E-state index in [0.29, 0.717) is 0 Å². The van der Waals surface area contributed by atoms with Crippen molar-refractivity contribution in [3.8, 4) is 11.1 Å². The van der Waals surface area contributed by atoms with Gasteiger partial charge in [-0.25, -0.2) is 9.59 Å². The third-order valence-electron chi connectivity index (χ3n) is 6.18. The van der Waals surface area contributed by atoms with Crippen molar-refractivity contribution in [2.75, 3.05) is 26.8 Å². The van der Waals surface area contributed by atoms with Gasteiger partial charge in [0.1, 0.15) is 12.6 Å². The molecule has 0 spiro atoms. The molecule has 0 radical (unpaired) electrons. The predicted octanol–water partition coefficient (Wildman–Crippen LogP) is 1.59. The third kappa shape index (κ3) is 4.55. The summed E-state index contributed by atoms with van der Waals surface area (Å²) in [5.74, 6) is -1.90. The number of aliphatic carboxylic acids is 1. The molecule has 2 unspecified atom stereocenters. The summed E-state index contributed by atoms with van der Waals surface area (Å²) in [6, 6.07) is 14.8. The maximum Gasteiger partial charge on any atom is 0.407 e. The van der Waals surface area contributed by atoms with E-state index < -0.39 is 36.2 Å². The van der Waals surface area contributed by atoms with Crippen LogP contribution in [0.1, 0.15) is 23.5 Å². The summed E-state index contributed by atoms with van der Waals surface area (Å²) in [5, 5.41) is 21.6. The van der Waals surface area contributed by atoms with Crippen molar-refractivity contribution in [2.24, 2.45) is 0 Å². The van der Waals surface area contributed by atoms with E-state index in [1.807, 2.05) is 48.5 Å². The number of methoxy groups -OCH3 is 1. The average molecular weight is 454 g/mol. The van der Waals surface area contributed by atoms with Gasteiger partial charge < -0.3 is 29.9 Å². The molecule has 2 amide bonds. The third-order valence-corrected chi connectivity index (χ3v) is 6.18. The quantitative estimate of drug-likeness (QED) is 0.580. The number of aliphatic hydroxyl groups excluding tert-OH is 1. The number of hydrogen-bond donors (Lipinski definition) is 3. The van der Waals surface area contributed by atoms with Crippen LogP contribution in [0.5, 0.6) is 0 Å². The highest BCUT2D eigenvalue weighted by Crippen LogP contribution is 2.44. The van der Waals surface area contributed by atoms with Crippen molar-refractivity contribution in [1.82, 2.24) is 10.2 Å². The number of carboxylic acids is 1. The van der Waals surface area contributed by atoms with Gasteiger partial charge in [-0.2, -0.15) is 0 Å². The van der Waals surface area contributed by atoms with Gasteiger partial charge in [0.2, 0.25) is 0 Å². The number of carbonyl (C=O) groups excluding carboxylic acids is 2. The molecule has 1 aliphatic carbocycles. The topological polar surface area (TPSA) is 125 Å². The highest BCUT2D eigenvalue weighted by atomic mass is 16.5. The van der Waals surface area contributed by atoms with E-state index in [1.165, 1.54) is 7.11 Å². The van der Waals surface area contributed by atoms with E-state index in [2.05, 4.69) is 5.32 Å². The van der Waals surface area contributed by atoms with Crippen LogP contribution in [0.2, 0.25) is 0 Å². The van der Waals surface area contributed by atoms with Crippen molar-refractivity contribution < 1.29 is 34.1 Å². The minimum absolute atomic E-state index is 0.0443. The first-order valence-electron chi connectivity index (χ1n) is 10.7. The van der Waals surface area contributed by atoms with Crippen LogP contribution in [-0.4, -0.2) is 78.1 Å².